The maximum Gasteiger partial charge on any atom is 0.308 e. The highest BCUT2D eigenvalue weighted by Gasteiger charge is 2.41. The van der Waals surface area contributed by atoms with E-state index in [2.05, 4.69) is 40.4 Å². The summed E-state index contributed by atoms with van der Waals surface area (Å²) < 4.78 is 11.4. The number of hydrogen-bond donors (Lipinski definition) is 1. The van der Waals surface area contributed by atoms with Gasteiger partial charge in [0.25, 0.3) is 0 Å². The van der Waals surface area contributed by atoms with Crippen LogP contribution in [0.25, 0.3) is 0 Å². The lowest BCUT2D eigenvalue weighted by atomic mass is 9.98. The summed E-state index contributed by atoms with van der Waals surface area (Å²) in [5.41, 5.74) is 6.26. The van der Waals surface area contributed by atoms with E-state index in [9.17, 15) is 4.79 Å². The Kier molecular flexibility index (Phi) is 7.85. The van der Waals surface area contributed by atoms with E-state index in [0.29, 0.717) is 0 Å². The molecule has 4 nitrogen and oxygen atoms in total. The van der Waals surface area contributed by atoms with E-state index in [-0.39, 0.29) is 42.1 Å². The predicted molar refractivity (Wildman–Crippen MR) is 90.7 cm³/mol. The molecule has 21 heavy (non-hydrogen) atoms. The fraction of sp³-hybridized carbons (Fsp3) is 0.812. The Balaban J connectivity index is 4.99. The fourth-order valence-corrected chi connectivity index (χ4v) is 2.97. The van der Waals surface area contributed by atoms with Crippen molar-refractivity contribution in [3.63, 3.8) is 0 Å². The molecule has 0 rings (SSSR count). The first-order valence-electron chi connectivity index (χ1n) is 7.62. The van der Waals surface area contributed by atoms with Gasteiger partial charge in [-0.1, -0.05) is 47.3 Å². The zero-order chi connectivity index (χ0) is 16.8. The average molecular weight is 316 g/mol. The monoisotopic (exact) mass is 315 g/mol. The van der Waals surface area contributed by atoms with Crippen LogP contribution in [0.15, 0.2) is 12.7 Å². The third kappa shape index (κ3) is 6.76. The SMILES string of the molecule is C=CCOC(=O)C[C@H](O[Si](C)(C)C(C)(C)C)[C@H](N)C(C)C. The van der Waals surface area contributed by atoms with Crippen LogP contribution >= 0.6 is 0 Å². The highest BCUT2D eigenvalue weighted by atomic mass is 28.4. The smallest absolute Gasteiger partial charge is 0.308 e. The van der Waals surface area contributed by atoms with Gasteiger partial charge in [-0.15, -0.1) is 0 Å². The molecule has 0 spiro atoms. The zero-order valence-electron chi connectivity index (χ0n) is 14.7. The van der Waals surface area contributed by atoms with Gasteiger partial charge in [-0.2, -0.15) is 0 Å². The van der Waals surface area contributed by atoms with Gasteiger partial charge in [-0.05, 0) is 24.1 Å². The van der Waals surface area contributed by atoms with Crippen molar-refractivity contribution >= 4 is 14.3 Å². The van der Waals surface area contributed by atoms with Gasteiger partial charge in [-0.25, -0.2) is 0 Å². The number of esters is 1. The van der Waals surface area contributed by atoms with Crippen LogP contribution in [0.5, 0.6) is 0 Å². The van der Waals surface area contributed by atoms with Gasteiger partial charge < -0.3 is 14.9 Å². The molecule has 2 atom stereocenters. The summed E-state index contributed by atoms with van der Waals surface area (Å²) in [7, 11) is -1.98. The molecule has 0 aromatic rings. The maximum absolute atomic E-state index is 11.9. The van der Waals surface area contributed by atoms with Gasteiger partial charge in [0.05, 0.1) is 12.5 Å². The summed E-state index contributed by atoms with van der Waals surface area (Å²) in [5.74, 6) is -0.0401. The van der Waals surface area contributed by atoms with Gasteiger partial charge >= 0.3 is 5.97 Å². The van der Waals surface area contributed by atoms with E-state index >= 15 is 0 Å². The average Bonchev–Trinajstić information content (AvgIpc) is 2.32. The van der Waals surface area contributed by atoms with Crippen LogP contribution in [0.4, 0.5) is 0 Å². The Morgan fingerprint density at radius 1 is 1.33 bits per heavy atom. The Morgan fingerprint density at radius 3 is 2.24 bits per heavy atom. The Bertz CT molecular complexity index is 348. The van der Waals surface area contributed by atoms with Crippen molar-refractivity contribution in [3.8, 4) is 0 Å². The molecule has 0 aliphatic rings. The third-order valence-corrected chi connectivity index (χ3v) is 8.69. The van der Waals surface area contributed by atoms with Crippen molar-refractivity contribution in [3.05, 3.63) is 12.7 Å². The summed E-state index contributed by atoms with van der Waals surface area (Å²) >= 11 is 0. The van der Waals surface area contributed by atoms with Crippen molar-refractivity contribution in [1.29, 1.82) is 0 Å². The molecule has 0 unspecified atom stereocenters. The molecule has 0 aliphatic heterocycles. The van der Waals surface area contributed by atoms with Gasteiger partial charge in [0.2, 0.25) is 0 Å². The largest absolute Gasteiger partial charge is 0.461 e. The Hall–Kier alpha value is -0.653. The first-order chi connectivity index (χ1) is 9.42. The van der Waals surface area contributed by atoms with Gasteiger partial charge in [-0.3, -0.25) is 4.79 Å². The van der Waals surface area contributed by atoms with Crippen LogP contribution < -0.4 is 5.73 Å². The molecule has 0 heterocycles. The topological polar surface area (TPSA) is 61.5 Å². The summed E-state index contributed by atoms with van der Waals surface area (Å²) in [6, 6.07) is -0.185. The second-order valence-electron chi connectivity index (χ2n) is 7.41. The number of ether oxygens (including phenoxy) is 1. The van der Waals surface area contributed by atoms with Gasteiger partial charge in [0, 0.05) is 6.04 Å². The normalized spacial score (nSPS) is 15.7. The maximum atomic E-state index is 11.9. The van der Waals surface area contributed by atoms with Crippen molar-refractivity contribution in [2.45, 2.75) is 71.3 Å². The fourth-order valence-electron chi connectivity index (χ4n) is 1.62. The summed E-state index contributed by atoms with van der Waals surface area (Å²) in [6.07, 6.45) is 1.45. The van der Waals surface area contributed by atoms with Crippen LogP contribution in [-0.2, 0) is 14.0 Å². The third-order valence-electron chi connectivity index (χ3n) is 4.18. The van der Waals surface area contributed by atoms with E-state index in [0.717, 1.165) is 0 Å². The second-order valence-corrected chi connectivity index (χ2v) is 12.2. The lowest BCUT2D eigenvalue weighted by Gasteiger charge is -2.41. The van der Waals surface area contributed by atoms with Crippen molar-refractivity contribution in [2.24, 2.45) is 11.7 Å². The second kappa shape index (κ2) is 8.10. The standard InChI is InChI=1S/C16H33NO3Si/c1-9-10-19-14(18)11-13(15(17)12(2)3)20-21(7,8)16(4,5)6/h9,12-13,15H,1,10-11,17H2,2-8H3/t13-,15+/m0/s1. The van der Waals surface area contributed by atoms with Crippen LogP contribution in [0.1, 0.15) is 41.0 Å². The van der Waals surface area contributed by atoms with Crippen molar-refractivity contribution < 1.29 is 14.0 Å². The summed E-state index contributed by atoms with van der Waals surface area (Å²) in [4.78, 5) is 11.9. The predicted octanol–water partition coefficient (Wildman–Crippen LogP) is 3.48. The van der Waals surface area contributed by atoms with Crippen LogP contribution in [0, 0.1) is 5.92 Å². The first kappa shape index (κ1) is 20.3. The van der Waals surface area contributed by atoms with E-state index in [1.807, 2.05) is 13.8 Å². The lowest BCUT2D eigenvalue weighted by Crippen LogP contribution is -2.51. The van der Waals surface area contributed by atoms with Crippen LogP contribution in [0.2, 0.25) is 18.1 Å². The lowest BCUT2D eigenvalue weighted by molar-refractivity contribution is -0.144. The van der Waals surface area contributed by atoms with E-state index in [1.165, 1.54) is 0 Å². The van der Waals surface area contributed by atoms with E-state index in [1.54, 1.807) is 6.08 Å². The molecule has 0 radical (unpaired) electrons. The minimum Gasteiger partial charge on any atom is -0.461 e. The molecule has 0 saturated carbocycles. The zero-order valence-corrected chi connectivity index (χ0v) is 15.7. The molecule has 124 valence electrons. The highest BCUT2D eigenvalue weighted by Crippen LogP contribution is 2.38. The van der Waals surface area contributed by atoms with E-state index in [4.69, 9.17) is 14.9 Å². The highest BCUT2D eigenvalue weighted by molar-refractivity contribution is 6.74. The molecule has 0 amide bonds. The minimum absolute atomic E-state index is 0.0764. The quantitative estimate of drug-likeness (QED) is 0.423. The molecule has 0 aliphatic carbocycles. The summed E-state index contributed by atoms with van der Waals surface area (Å²) in [6.45, 7) is 18.7. The van der Waals surface area contributed by atoms with Crippen LogP contribution in [-0.4, -0.2) is 33.0 Å². The van der Waals surface area contributed by atoms with Crippen molar-refractivity contribution in [2.75, 3.05) is 6.61 Å². The van der Waals surface area contributed by atoms with Crippen molar-refractivity contribution in [1.82, 2.24) is 0 Å². The van der Waals surface area contributed by atoms with Gasteiger partial charge in [0.1, 0.15) is 6.61 Å². The molecular weight excluding hydrogens is 282 g/mol. The minimum atomic E-state index is -1.98. The number of carbonyl (C=O) groups excluding carboxylic acids is 1. The number of carbonyl (C=O) groups is 1. The Morgan fingerprint density at radius 2 is 1.86 bits per heavy atom. The number of nitrogens with two attached hydrogens (primary N) is 1. The number of rotatable bonds is 8. The van der Waals surface area contributed by atoms with Crippen LogP contribution in [0.3, 0.4) is 0 Å². The molecule has 0 aromatic heterocycles. The first-order valence-corrected chi connectivity index (χ1v) is 10.5. The molecule has 5 heteroatoms. The Labute approximate surface area is 131 Å². The molecule has 0 fully saturated rings. The molecule has 0 saturated heterocycles. The molecule has 0 bridgehead atoms. The van der Waals surface area contributed by atoms with Gasteiger partial charge in [0.15, 0.2) is 8.32 Å². The molecule has 2 N–H and O–H groups in total. The number of hydrogen-bond acceptors (Lipinski definition) is 4. The molecular formula is C16H33NO3Si. The molecule has 0 aromatic carbocycles. The summed E-state index contributed by atoms with van der Waals surface area (Å²) in [5, 5.41) is 0.0764. The van der Waals surface area contributed by atoms with E-state index < -0.39 is 8.32 Å².